The third kappa shape index (κ3) is 4.68. The number of amides is 3. The number of ether oxygens (including phenoxy) is 1. The molecule has 7 heteroatoms. The van der Waals surface area contributed by atoms with Crippen LogP contribution in [0.2, 0.25) is 0 Å². The van der Waals surface area contributed by atoms with Gasteiger partial charge in [0.05, 0.1) is 25.3 Å². The third-order valence-corrected chi connectivity index (χ3v) is 5.83. The van der Waals surface area contributed by atoms with E-state index in [-0.39, 0.29) is 24.1 Å². The van der Waals surface area contributed by atoms with Crippen LogP contribution in [0.1, 0.15) is 22.3 Å². The van der Waals surface area contributed by atoms with Crippen LogP contribution >= 0.6 is 0 Å². The molecule has 2 aliphatic rings. The lowest BCUT2D eigenvalue weighted by Gasteiger charge is -2.32. The van der Waals surface area contributed by atoms with E-state index in [1.165, 1.54) is 4.90 Å². The molecule has 0 aromatic heterocycles. The first-order valence-corrected chi connectivity index (χ1v) is 10.6. The van der Waals surface area contributed by atoms with Crippen LogP contribution in [0.25, 0.3) is 0 Å². The topological polar surface area (TPSA) is 70.2 Å². The molecule has 2 heterocycles. The van der Waals surface area contributed by atoms with Crippen LogP contribution in [0, 0.1) is 6.92 Å². The maximum Gasteiger partial charge on any atom is 0.257 e. The summed E-state index contributed by atoms with van der Waals surface area (Å²) in [5, 5.41) is 0. The zero-order chi connectivity index (χ0) is 21.8. The van der Waals surface area contributed by atoms with Crippen molar-refractivity contribution < 1.29 is 19.1 Å². The Hall–Kier alpha value is -3.03. The minimum atomic E-state index is -0.803. The number of anilines is 1. The maximum absolute atomic E-state index is 13.4. The molecule has 2 fully saturated rings. The van der Waals surface area contributed by atoms with Gasteiger partial charge in [-0.25, -0.2) is 4.90 Å². The molecule has 2 aromatic rings. The van der Waals surface area contributed by atoms with Gasteiger partial charge in [0.15, 0.2) is 0 Å². The molecule has 0 N–H and O–H groups in total. The summed E-state index contributed by atoms with van der Waals surface area (Å²) < 4.78 is 5.40. The maximum atomic E-state index is 13.4. The number of carbonyl (C=O) groups excluding carboxylic acids is 3. The Morgan fingerprint density at radius 1 is 1.03 bits per heavy atom. The van der Waals surface area contributed by atoms with Gasteiger partial charge < -0.3 is 9.64 Å². The number of morpholine rings is 1. The summed E-state index contributed by atoms with van der Waals surface area (Å²) in [6.07, 6.45) is -0.00552. The average molecular weight is 421 g/mol. The second kappa shape index (κ2) is 9.41. The van der Waals surface area contributed by atoms with Crippen molar-refractivity contribution in [1.29, 1.82) is 0 Å². The zero-order valence-electron chi connectivity index (χ0n) is 17.7. The summed E-state index contributed by atoms with van der Waals surface area (Å²) in [6.45, 7) is 5.87. The van der Waals surface area contributed by atoms with E-state index in [0.29, 0.717) is 37.6 Å². The Kier molecular flexibility index (Phi) is 6.44. The highest BCUT2D eigenvalue weighted by atomic mass is 16.5. The van der Waals surface area contributed by atoms with Crippen molar-refractivity contribution in [3.63, 3.8) is 0 Å². The molecule has 2 aliphatic heterocycles. The van der Waals surface area contributed by atoms with Gasteiger partial charge in [-0.05, 0) is 31.2 Å². The number of rotatable bonds is 6. The minimum absolute atomic E-state index is 0.00552. The minimum Gasteiger partial charge on any atom is -0.379 e. The molecule has 0 saturated carbocycles. The Balaban J connectivity index is 1.58. The first-order valence-electron chi connectivity index (χ1n) is 10.6. The molecule has 3 amide bonds. The smallest absolute Gasteiger partial charge is 0.257 e. The van der Waals surface area contributed by atoms with E-state index in [0.717, 1.165) is 18.7 Å². The molecule has 0 spiro atoms. The van der Waals surface area contributed by atoms with Gasteiger partial charge in [-0.1, -0.05) is 35.9 Å². The first kappa shape index (κ1) is 21.2. The summed E-state index contributed by atoms with van der Waals surface area (Å²) in [5.74, 6) is -0.859. The fourth-order valence-corrected chi connectivity index (χ4v) is 4.04. The highest BCUT2D eigenvalue weighted by Gasteiger charge is 2.44. The summed E-state index contributed by atoms with van der Waals surface area (Å²) in [5.41, 5.74) is 2.11. The molecule has 0 radical (unpaired) electrons. The number of hydrogen-bond donors (Lipinski definition) is 0. The van der Waals surface area contributed by atoms with Gasteiger partial charge in [0.25, 0.3) is 11.8 Å². The van der Waals surface area contributed by atoms with Crippen LogP contribution in [0.3, 0.4) is 0 Å². The van der Waals surface area contributed by atoms with Crippen molar-refractivity contribution >= 4 is 23.4 Å². The monoisotopic (exact) mass is 421 g/mol. The lowest BCUT2D eigenvalue weighted by atomic mass is 10.1. The third-order valence-electron chi connectivity index (χ3n) is 5.83. The fraction of sp³-hybridized carbons (Fsp3) is 0.375. The summed E-state index contributed by atoms with van der Waals surface area (Å²) in [7, 11) is 0. The van der Waals surface area contributed by atoms with Crippen molar-refractivity contribution in [2.75, 3.05) is 44.3 Å². The number of nitrogens with zero attached hydrogens (tertiary/aromatic N) is 3. The number of imide groups is 1. The molecule has 1 atom stereocenters. The van der Waals surface area contributed by atoms with Gasteiger partial charge in [0, 0.05) is 31.7 Å². The average Bonchev–Trinajstić information content (AvgIpc) is 3.09. The highest BCUT2D eigenvalue weighted by molar-refractivity contribution is 6.23. The summed E-state index contributed by atoms with van der Waals surface area (Å²) in [4.78, 5) is 44.4. The van der Waals surface area contributed by atoms with Crippen LogP contribution in [0.5, 0.6) is 0 Å². The Morgan fingerprint density at radius 2 is 1.71 bits per heavy atom. The van der Waals surface area contributed by atoms with Crippen molar-refractivity contribution in [3.05, 3.63) is 65.7 Å². The molecule has 162 valence electrons. The van der Waals surface area contributed by atoms with Crippen molar-refractivity contribution in [3.8, 4) is 0 Å². The molecular formula is C24H27N3O4. The summed E-state index contributed by atoms with van der Waals surface area (Å²) in [6, 6.07) is 15.4. The lowest BCUT2D eigenvalue weighted by Crippen LogP contribution is -2.49. The van der Waals surface area contributed by atoms with Crippen molar-refractivity contribution in [2.24, 2.45) is 0 Å². The summed E-state index contributed by atoms with van der Waals surface area (Å²) >= 11 is 0. The molecule has 7 nitrogen and oxygen atoms in total. The molecule has 31 heavy (non-hydrogen) atoms. The highest BCUT2D eigenvalue weighted by Crippen LogP contribution is 2.26. The van der Waals surface area contributed by atoms with Crippen LogP contribution in [-0.4, -0.2) is 73.0 Å². The van der Waals surface area contributed by atoms with E-state index >= 15 is 0 Å². The number of carbonyl (C=O) groups is 3. The second-order valence-electron chi connectivity index (χ2n) is 7.94. The lowest BCUT2D eigenvalue weighted by molar-refractivity contribution is -0.122. The molecule has 1 unspecified atom stereocenters. The Bertz CT molecular complexity index is 939. The van der Waals surface area contributed by atoms with Crippen LogP contribution in [-0.2, 0) is 14.3 Å². The van der Waals surface area contributed by atoms with Gasteiger partial charge >= 0.3 is 0 Å². The van der Waals surface area contributed by atoms with E-state index < -0.39 is 6.04 Å². The molecular weight excluding hydrogens is 394 g/mol. The van der Waals surface area contributed by atoms with Crippen LogP contribution in [0.15, 0.2) is 54.6 Å². The van der Waals surface area contributed by atoms with Crippen LogP contribution < -0.4 is 4.90 Å². The normalized spacial score (nSPS) is 19.6. The first-order chi connectivity index (χ1) is 15.0. The number of benzene rings is 2. The van der Waals surface area contributed by atoms with Gasteiger partial charge in [0.1, 0.15) is 6.04 Å². The predicted octanol–water partition coefficient (Wildman–Crippen LogP) is 2.10. The zero-order valence-corrected chi connectivity index (χ0v) is 17.7. The number of aryl methyl sites for hydroxylation is 1. The van der Waals surface area contributed by atoms with Crippen molar-refractivity contribution in [2.45, 2.75) is 19.4 Å². The van der Waals surface area contributed by atoms with Crippen LogP contribution in [0.4, 0.5) is 5.69 Å². The van der Waals surface area contributed by atoms with E-state index in [4.69, 9.17) is 4.74 Å². The van der Waals surface area contributed by atoms with E-state index in [2.05, 4.69) is 4.90 Å². The van der Waals surface area contributed by atoms with Gasteiger partial charge in [-0.15, -0.1) is 0 Å². The second-order valence-corrected chi connectivity index (χ2v) is 7.94. The van der Waals surface area contributed by atoms with Gasteiger partial charge in [-0.3, -0.25) is 19.3 Å². The fourth-order valence-electron chi connectivity index (χ4n) is 4.04. The Labute approximate surface area is 182 Å². The largest absolute Gasteiger partial charge is 0.379 e. The molecule has 0 aliphatic carbocycles. The van der Waals surface area contributed by atoms with E-state index in [9.17, 15) is 14.4 Å². The van der Waals surface area contributed by atoms with E-state index in [1.807, 2.05) is 25.1 Å². The predicted molar refractivity (Wildman–Crippen MR) is 117 cm³/mol. The van der Waals surface area contributed by atoms with Gasteiger partial charge in [-0.2, -0.15) is 0 Å². The number of hydrogen-bond acceptors (Lipinski definition) is 5. The standard InChI is InChI=1S/C24H27N3O4/c1-18-7-9-19(10-8-18)23(29)26(12-11-25-13-15-31-16-14-25)21-17-22(28)27(24(21)30)20-5-3-2-4-6-20/h2-10,21H,11-17H2,1H3. The molecule has 0 bridgehead atoms. The molecule has 2 saturated heterocycles. The van der Waals surface area contributed by atoms with Gasteiger partial charge in [0.2, 0.25) is 5.91 Å². The Morgan fingerprint density at radius 3 is 2.39 bits per heavy atom. The van der Waals surface area contributed by atoms with E-state index in [1.54, 1.807) is 41.3 Å². The SMILES string of the molecule is Cc1ccc(C(=O)N(CCN2CCOCC2)C2CC(=O)N(c3ccccc3)C2=O)cc1. The quantitative estimate of drug-likeness (QED) is 0.668. The molecule has 4 rings (SSSR count). The molecule has 2 aromatic carbocycles. The van der Waals surface area contributed by atoms with Crippen molar-refractivity contribution in [1.82, 2.24) is 9.80 Å². The number of para-hydroxylation sites is 1.